The van der Waals surface area contributed by atoms with Gasteiger partial charge in [-0.3, -0.25) is 9.59 Å². The molecule has 0 spiro atoms. The minimum atomic E-state index is -4.91. The molecule has 0 aromatic carbocycles. The predicted octanol–water partition coefficient (Wildman–Crippen LogP) is 0.609. The molecule has 0 radical (unpaired) electrons. The van der Waals surface area contributed by atoms with Gasteiger partial charge in [0.1, 0.15) is 0 Å². The Bertz CT molecular complexity index is 489. The lowest BCUT2D eigenvalue weighted by Gasteiger charge is -2.39. The summed E-state index contributed by atoms with van der Waals surface area (Å²) in [5.41, 5.74) is 0. The average molecular weight is 337 g/mol. The van der Waals surface area contributed by atoms with Crippen LogP contribution in [0.2, 0.25) is 0 Å². The van der Waals surface area contributed by atoms with Gasteiger partial charge < -0.3 is 19.8 Å². The van der Waals surface area contributed by atoms with Crippen molar-refractivity contribution in [3.8, 4) is 0 Å². The first-order chi connectivity index (χ1) is 10.7. The van der Waals surface area contributed by atoms with E-state index in [1.54, 1.807) is 0 Å². The molecule has 0 aromatic rings. The standard InChI is InChI=1S/C13H18F3N3O4/c14-13(15,16)11(22)17-4-6-18(7-5-17)12(23)19-3-1-2-9(8-19)10(20)21/h9H,1-8H2,(H,20,21). The second-order valence-corrected chi connectivity index (χ2v) is 5.68. The molecular formula is C13H18F3N3O4. The molecule has 0 aliphatic carbocycles. The summed E-state index contributed by atoms with van der Waals surface area (Å²) in [4.78, 5) is 37.9. The third kappa shape index (κ3) is 4.05. The van der Waals surface area contributed by atoms with Gasteiger partial charge in [0.15, 0.2) is 0 Å². The summed E-state index contributed by atoms with van der Waals surface area (Å²) in [5, 5.41) is 9.02. The van der Waals surface area contributed by atoms with Crippen LogP contribution in [0.3, 0.4) is 0 Å². The van der Waals surface area contributed by atoms with Gasteiger partial charge in [0.2, 0.25) is 0 Å². The Hall–Kier alpha value is -2.00. The second kappa shape index (κ2) is 6.63. The summed E-state index contributed by atoms with van der Waals surface area (Å²) in [6.07, 6.45) is -3.82. The van der Waals surface area contributed by atoms with E-state index in [-0.39, 0.29) is 38.8 Å². The van der Waals surface area contributed by atoms with Crippen LogP contribution < -0.4 is 0 Å². The van der Waals surface area contributed by atoms with Crippen LogP contribution in [0.1, 0.15) is 12.8 Å². The molecule has 2 aliphatic rings. The fourth-order valence-corrected chi connectivity index (χ4v) is 2.83. The van der Waals surface area contributed by atoms with Crippen molar-refractivity contribution >= 4 is 17.9 Å². The number of aliphatic carboxylic acids is 1. The number of hydrogen-bond donors (Lipinski definition) is 1. The SMILES string of the molecule is O=C(O)C1CCCN(C(=O)N2CCN(C(=O)C(F)(F)F)CC2)C1. The maximum absolute atomic E-state index is 12.4. The van der Waals surface area contributed by atoms with Crippen LogP contribution in [-0.2, 0) is 9.59 Å². The van der Waals surface area contributed by atoms with Gasteiger partial charge in [0.05, 0.1) is 5.92 Å². The largest absolute Gasteiger partial charge is 0.481 e. The lowest BCUT2D eigenvalue weighted by molar-refractivity contribution is -0.186. The van der Waals surface area contributed by atoms with Crippen molar-refractivity contribution < 1.29 is 32.7 Å². The molecule has 7 nitrogen and oxygen atoms in total. The van der Waals surface area contributed by atoms with Crippen molar-refractivity contribution in [1.29, 1.82) is 0 Å². The van der Waals surface area contributed by atoms with Gasteiger partial charge in [0, 0.05) is 39.3 Å². The maximum Gasteiger partial charge on any atom is 0.471 e. The van der Waals surface area contributed by atoms with E-state index in [9.17, 15) is 27.6 Å². The second-order valence-electron chi connectivity index (χ2n) is 5.68. The van der Waals surface area contributed by atoms with E-state index >= 15 is 0 Å². The van der Waals surface area contributed by atoms with Crippen LogP contribution in [0.15, 0.2) is 0 Å². The van der Waals surface area contributed by atoms with Crippen LogP contribution in [0.4, 0.5) is 18.0 Å². The lowest BCUT2D eigenvalue weighted by atomic mass is 9.98. The van der Waals surface area contributed by atoms with Crippen LogP contribution in [0, 0.1) is 5.92 Å². The van der Waals surface area contributed by atoms with Crippen LogP contribution in [-0.4, -0.2) is 83.2 Å². The molecule has 0 saturated carbocycles. The first-order valence-corrected chi connectivity index (χ1v) is 7.33. The summed E-state index contributed by atoms with van der Waals surface area (Å²) in [6.45, 7) is 0.199. The fraction of sp³-hybridized carbons (Fsp3) is 0.769. The van der Waals surface area contributed by atoms with Crippen LogP contribution in [0.25, 0.3) is 0 Å². The number of nitrogens with zero attached hydrogens (tertiary/aromatic N) is 3. The number of piperazine rings is 1. The van der Waals surface area contributed by atoms with Gasteiger partial charge in [-0.1, -0.05) is 0 Å². The molecule has 1 unspecified atom stereocenters. The minimum absolute atomic E-state index is 0.00882. The molecule has 1 atom stereocenters. The molecule has 2 aliphatic heterocycles. The lowest BCUT2D eigenvalue weighted by Crippen LogP contribution is -2.57. The molecule has 2 heterocycles. The average Bonchev–Trinajstić information content (AvgIpc) is 2.53. The summed E-state index contributed by atoms with van der Waals surface area (Å²) >= 11 is 0. The zero-order chi connectivity index (χ0) is 17.2. The molecule has 2 saturated heterocycles. The van der Waals surface area contributed by atoms with E-state index in [2.05, 4.69) is 0 Å². The summed E-state index contributed by atoms with van der Waals surface area (Å²) < 4.78 is 37.1. The monoisotopic (exact) mass is 337 g/mol. The number of urea groups is 1. The molecule has 3 amide bonds. The van der Waals surface area contributed by atoms with Gasteiger partial charge in [-0.25, -0.2) is 4.79 Å². The molecule has 2 rings (SSSR count). The molecule has 130 valence electrons. The zero-order valence-electron chi connectivity index (χ0n) is 12.4. The van der Waals surface area contributed by atoms with Crippen LogP contribution >= 0.6 is 0 Å². The van der Waals surface area contributed by atoms with E-state index in [1.807, 2.05) is 0 Å². The molecule has 0 aromatic heterocycles. The first-order valence-electron chi connectivity index (χ1n) is 7.33. The molecular weight excluding hydrogens is 319 g/mol. The normalized spacial score (nSPS) is 22.9. The summed E-state index contributed by atoms with van der Waals surface area (Å²) in [5.74, 6) is -3.46. The number of carbonyl (C=O) groups is 3. The quantitative estimate of drug-likeness (QED) is 0.760. The highest BCUT2D eigenvalue weighted by Gasteiger charge is 2.43. The van der Waals surface area contributed by atoms with Crippen molar-refractivity contribution in [3.05, 3.63) is 0 Å². The summed E-state index contributed by atoms with van der Waals surface area (Å²) in [7, 11) is 0. The Morgan fingerprint density at radius 3 is 2.00 bits per heavy atom. The van der Waals surface area contributed by atoms with Gasteiger partial charge in [-0.05, 0) is 12.8 Å². The van der Waals surface area contributed by atoms with E-state index < -0.39 is 24.0 Å². The van der Waals surface area contributed by atoms with Crippen molar-refractivity contribution in [3.63, 3.8) is 0 Å². The third-order valence-electron chi connectivity index (χ3n) is 4.12. The molecule has 10 heteroatoms. The van der Waals surface area contributed by atoms with E-state index in [4.69, 9.17) is 5.11 Å². The number of piperidine rings is 1. The maximum atomic E-state index is 12.4. The van der Waals surface area contributed by atoms with Crippen molar-refractivity contribution in [2.75, 3.05) is 39.3 Å². The van der Waals surface area contributed by atoms with Gasteiger partial charge >= 0.3 is 24.1 Å². The number of halogens is 3. The fourth-order valence-electron chi connectivity index (χ4n) is 2.83. The van der Waals surface area contributed by atoms with E-state index in [0.717, 1.165) is 0 Å². The number of carbonyl (C=O) groups excluding carboxylic acids is 2. The predicted molar refractivity (Wildman–Crippen MR) is 71.5 cm³/mol. The zero-order valence-corrected chi connectivity index (χ0v) is 12.4. The highest BCUT2D eigenvalue weighted by Crippen LogP contribution is 2.21. The number of carboxylic acids is 1. The van der Waals surface area contributed by atoms with Crippen molar-refractivity contribution in [2.45, 2.75) is 19.0 Å². The van der Waals surface area contributed by atoms with Crippen LogP contribution in [0.5, 0.6) is 0 Å². The number of alkyl halides is 3. The highest BCUT2D eigenvalue weighted by molar-refractivity contribution is 5.82. The van der Waals surface area contributed by atoms with E-state index in [0.29, 0.717) is 24.3 Å². The Kier molecular flexibility index (Phi) is 5.00. The number of hydrogen-bond acceptors (Lipinski definition) is 3. The van der Waals surface area contributed by atoms with Gasteiger partial charge in [-0.15, -0.1) is 0 Å². The third-order valence-corrected chi connectivity index (χ3v) is 4.12. The highest BCUT2D eigenvalue weighted by atomic mass is 19.4. The Morgan fingerprint density at radius 1 is 0.913 bits per heavy atom. The summed E-state index contributed by atoms with van der Waals surface area (Å²) in [6, 6.07) is -0.380. The van der Waals surface area contributed by atoms with Gasteiger partial charge in [-0.2, -0.15) is 13.2 Å². The van der Waals surface area contributed by atoms with E-state index in [1.165, 1.54) is 9.80 Å². The number of carboxylic acid groups (broad SMARTS) is 1. The molecule has 0 bridgehead atoms. The van der Waals surface area contributed by atoms with Crippen molar-refractivity contribution in [2.24, 2.45) is 5.92 Å². The minimum Gasteiger partial charge on any atom is -0.481 e. The van der Waals surface area contributed by atoms with Gasteiger partial charge in [0.25, 0.3) is 0 Å². The molecule has 23 heavy (non-hydrogen) atoms. The number of rotatable bonds is 1. The smallest absolute Gasteiger partial charge is 0.471 e. The Balaban J connectivity index is 1.88. The molecule has 1 N–H and O–H groups in total. The molecule has 2 fully saturated rings. The topological polar surface area (TPSA) is 81.2 Å². The Morgan fingerprint density at radius 2 is 1.48 bits per heavy atom. The first kappa shape index (κ1) is 17.4. The number of likely N-dealkylation sites (tertiary alicyclic amines) is 1. The number of amides is 3. The Labute approximate surface area is 130 Å². The van der Waals surface area contributed by atoms with Crippen molar-refractivity contribution in [1.82, 2.24) is 14.7 Å².